The largest absolute Gasteiger partial charge is 0.455 e. The average Bonchev–Trinajstić information content (AvgIpc) is 2.77. The number of fused-ring (bicyclic) bond motifs is 5. The summed E-state index contributed by atoms with van der Waals surface area (Å²) in [5.41, 5.74) is 1.67. The minimum Gasteiger partial charge on any atom is -0.455 e. The van der Waals surface area contributed by atoms with Crippen LogP contribution in [0, 0.1) is 0 Å². The highest BCUT2D eigenvalue weighted by Gasteiger charge is 2.11. The van der Waals surface area contributed by atoms with Gasteiger partial charge in [-0.25, -0.2) is 0 Å². The van der Waals surface area contributed by atoms with E-state index in [-0.39, 0.29) is 0 Å². The van der Waals surface area contributed by atoms with Crippen LogP contribution in [0.3, 0.4) is 0 Å². The van der Waals surface area contributed by atoms with Gasteiger partial charge in [0.25, 0.3) is 0 Å². The van der Waals surface area contributed by atoms with Crippen molar-refractivity contribution in [2.45, 2.75) is 0 Å². The number of furan rings is 1. The SMILES string of the molecule is Clc1cccc2ccc3c4cnccc4oc3c12. The predicted octanol–water partition coefficient (Wildman–Crippen LogP) is 4.79. The van der Waals surface area contributed by atoms with Crippen LogP contribution in [-0.2, 0) is 0 Å². The van der Waals surface area contributed by atoms with E-state index in [0.29, 0.717) is 5.02 Å². The van der Waals surface area contributed by atoms with Crippen LogP contribution in [0.15, 0.2) is 53.2 Å². The lowest BCUT2D eigenvalue weighted by molar-refractivity contribution is 0.672. The van der Waals surface area contributed by atoms with Crippen LogP contribution in [0.1, 0.15) is 0 Å². The van der Waals surface area contributed by atoms with E-state index in [0.717, 1.165) is 32.7 Å². The Morgan fingerprint density at radius 1 is 1.00 bits per heavy atom. The molecule has 0 spiro atoms. The van der Waals surface area contributed by atoms with Gasteiger partial charge in [-0.1, -0.05) is 29.8 Å². The van der Waals surface area contributed by atoms with Crippen LogP contribution in [0.25, 0.3) is 32.7 Å². The first-order chi connectivity index (χ1) is 8.84. The Balaban J connectivity index is 2.35. The van der Waals surface area contributed by atoms with Crippen LogP contribution in [-0.4, -0.2) is 4.98 Å². The summed E-state index contributed by atoms with van der Waals surface area (Å²) < 4.78 is 5.92. The van der Waals surface area contributed by atoms with Gasteiger partial charge in [0.1, 0.15) is 11.2 Å². The van der Waals surface area contributed by atoms with E-state index >= 15 is 0 Å². The van der Waals surface area contributed by atoms with Gasteiger partial charge in [-0.05, 0) is 23.6 Å². The first-order valence-electron chi connectivity index (χ1n) is 5.68. The number of hydrogen-bond acceptors (Lipinski definition) is 2. The first-order valence-corrected chi connectivity index (χ1v) is 6.06. The van der Waals surface area contributed by atoms with E-state index in [1.54, 1.807) is 6.20 Å². The summed E-state index contributed by atoms with van der Waals surface area (Å²) in [5, 5.41) is 4.84. The molecule has 0 saturated carbocycles. The standard InChI is InChI=1S/C15H8ClNO/c16-12-3-1-2-9-4-5-10-11-8-17-7-6-13(11)18-15(10)14(9)12/h1-8H. The molecule has 86 valence electrons. The second-order valence-electron chi connectivity index (χ2n) is 4.25. The van der Waals surface area contributed by atoms with Gasteiger partial charge >= 0.3 is 0 Å². The lowest BCUT2D eigenvalue weighted by Crippen LogP contribution is -1.75. The van der Waals surface area contributed by atoms with Crippen LogP contribution in [0.5, 0.6) is 0 Å². The molecule has 2 nitrogen and oxygen atoms in total. The summed E-state index contributed by atoms with van der Waals surface area (Å²) in [5.74, 6) is 0. The highest BCUT2D eigenvalue weighted by molar-refractivity contribution is 6.38. The molecule has 18 heavy (non-hydrogen) atoms. The van der Waals surface area contributed by atoms with Crippen LogP contribution in [0.2, 0.25) is 5.02 Å². The topological polar surface area (TPSA) is 26.0 Å². The van der Waals surface area contributed by atoms with Gasteiger partial charge in [0.05, 0.1) is 5.02 Å². The number of halogens is 1. The fraction of sp³-hybridized carbons (Fsp3) is 0. The molecular weight excluding hydrogens is 246 g/mol. The maximum Gasteiger partial charge on any atom is 0.144 e. The highest BCUT2D eigenvalue weighted by Crippen LogP contribution is 2.36. The minimum absolute atomic E-state index is 0.713. The third-order valence-electron chi connectivity index (χ3n) is 3.23. The number of pyridine rings is 1. The molecule has 4 rings (SSSR count). The fourth-order valence-electron chi connectivity index (χ4n) is 2.40. The fourth-order valence-corrected chi connectivity index (χ4v) is 2.67. The van der Waals surface area contributed by atoms with E-state index in [2.05, 4.69) is 17.1 Å². The van der Waals surface area contributed by atoms with Crippen LogP contribution < -0.4 is 0 Å². The van der Waals surface area contributed by atoms with Crippen molar-refractivity contribution >= 4 is 44.3 Å². The number of nitrogens with zero attached hydrogens (tertiary/aromatic N) is 1. The number of hydrogen-bond donors (Lipinski definition) is 0. The Morgan fingerprint density at radius 2 is 1.94 bits per heavy atom. The zero-order valence-electron chi connectivity index (χ0n) is 9.35. The van der Waals surface area contributed by atoms with Crippen LogP contribution in [0.4, 0.5) is 0 Å². The maximum atomic E-state index is 6.29. The molecular formula is C15H8ClNO. The van der Waals surface area contributed by atoms with Gasteiger partial charge in [-0.3, -0.25) is 4.98 Å². The van der Waals surface area contributed by atoms with Crippen LogP contribution >= 0.6 is 11.6 Å². The maximum absolute atomic E-state index is 6.29. The van der Waals surface area contributed by atoms with Crippen molar-refractivity contribution in [2.75, 3.05) is 0 Å². The second-order valence-corrected chi connectivity index (χ2v) is 4.66. The third kappa shape index (κ3) is 1.21. The molecule has 0 aliphatic rings. The minimum atomic E-state index is 0.713. The molecule has 0 fully saturated rings. The number of benzene rings is 2. The molecule has 0 radical (unpaired) electrons. The summed E-state index contributed by atoms with van der Waals surface area (Å²) in [7, 11) is 0. The zero-order valence-corrected chi connectivity index (χ0v) is 10.1. The Kier molecular flexibility index (Phi) is 1.91. The van der Waals surface area contributed by atoms with Gasteiger partial charge in [0, 0.05) is 28.6 Å². The molecule has 0 aliphatic carbocycles. The lowest BCUT2D eigenvalue weighted by atomic mass is 10.1. The van der Waals surface area contributed by atoms with Crippen molar-refractivity contribution in [1.29, 1.82) is 0 Å². The molecule has 2 heterocycles. The summed E-state index contributed by atoms with van der Waals surface area (Å²) in [6.45, 7) is 0. The van der Waals surface area contributed by atoms with Crippen molar-refractivity contribution in [3.05, 3.63) is 53.8 Å². The molecule has 2 aromatic heterocycles. The van der Waals surface area contributed by atoms with Crippen molar-refractivity contribution in [3.63, 3.8) is 0 Å². The molecule has 4 aromatic rings. The smallest absolute Gasteiger partial charge is 0.144 e. The molecule has 0 saturated heterocycles. The van der Waals surface area contributed by atoms with E-state index < -0.39 is 0 Å². The highest BCUT2D eigenvalue weighted by atomic mass is 35.5. The molecule has 2 aromatic carbocycles. The van der Waals surface area contributed by atoms with Gasteiger partial charge in [-0.2, -0.15) is 0 Å². The average molecular weight is 254 g/mol. The molecule has 0 atom stereocenters. The van der Waals surface area contributed by atoms with Crippen molar-refractivity contribution in [1.82, 2.24) is 4.98 Å². The monoisotopic (exact) mass is 253 g/mol. The van der Waals surface area contributed by atoms with E-state index in [4.69, 9.17) is 16.0 Å². The molecule has 0 unspecified atom stereocenters. The van der Waals surface area contributed by atoms with Crippen molar-refractivity contribution < 1.29 is 4.42 Å². The molecule has 0 bridgehead atoms. The first kappa shape index (κ1) is 9.92. The van der Waals surface area contributed by atoms with E-state index in [1.807, 2.05) is 30.5 Å². The third-order valence-corrected chi connectivity index (χ3v) is 3.55. The summed E-state index contributed by atoms with van der Waals surface area (Å²) in [6, 6.07) is 11.9. The quantitative estimate of drug-likeness (QED) is 0.450. The van der Waals surface area contributed by atoms with E-state index in [9.17, 15) is 0 Å². The van der Waals surface area contributed by atoms with Crippen molar-refractivity contribution in [3.8, 4) is 0 Å². The van der Waals surface area contributed by atoms with Gasteiger partial charge in [-0.15, -0.1) is 0 Å². The molecule has 0 amide bonds. The van der Waals surface area contributed by atoms with E-state index in [1.165, 1.54) is 0 Å². The Labute approximate surface area is 108 Å². The molecule has 3 heteroatoms. The normalized spacial score (nSPS) is 11.6. The van der Waals surface area contributed by atoms with Gasteiger partial charge < -0.3 is 4.42 Å². The predicted molar refractivity (Wildman–Crippen MR) is 74.0 cm³/mol. The molecule has 0 aliphatic heterocycles. The Hall–Kier alpha value is -2.06. The summed E-state index contributed by atoms with van der Waals surface area (Å²) in [4.78, 5) is 4.14. The summed E-state index contributed by atoms with van der Waals surface area (Å²) in [6.07, 6.45) is 3.55. The summed E-state index contributed by atoms with van der Waals surface area (Å²) >= 11 is 6.29. The van der Waals surface area contributed by atoms with Crippen molar-refractivity contribution in [2.24, 2.45) is 0 Å². The lowest BCUT2D eigenvalue weighted by Gasteiger charge is -2.00. The number of rotatable bonds is 0. The second kappa shape index (κ2) is 3.47. The van der Waals surface area contributed by atoms with Gasteiger partial charge in [0.2, 0.25) is 0 Å². The Bertz CT molecular complexity index is 895. The zero-order chi connectivity index (χ0) is 12.1. The number of aromatic nitrogens is 1. The Morgan fingerprint density at radius 3 is 2.89 bits per heavy atom. The van der Waals surface area contributed by atoms with Gasteiger partial charge in [0.15, 0.2) is 0 Å². The molecule has 0 N–H and O–H groups in total.